The summed E-state index contributed by atoms with van der Waals surface area (Å²) >= 11 is 0. The Labute approximate surface area is 250 Å². The molecule has 46 heavy (non-hydrogen) atoms. The maximum absolute atomic E-state index is 9.74. The van der Waals surface area contributed by atoms with E-state index in [9.17, 15) is 5.26 Å². The summed E-state index contributed by atoms with van der Waals surface area (Å²) in [7, 11) is 0. The first-order valence-corrected chi connectivity index (χ1v) is 22.2. The average molecular weight is 567 g/mol. The minimum absolute atomic E-state index is 0.0965. The van der Waals surface area contributed by atoms with Gasteiger partial charge in [0.05, 0.1) is 0 Å². The van der Waals surface area contributed by atoms with Crippen LogP contribution >= 0.6 is 0 Å². The Hall–Kier alpha value is -0.0800. The second-order valence-electron chi connectivity index (χ2n) is 32.3. The van der Waals surface area contributed by atoms with Crippen LogP contribution in [0.3, 0.4) is 0 Å². The highest BCUT2D eigenvalue weighted by Crippen LogP contribution is 4.01. The minimum atomic E-state index is 0.0965. The molecule has 42 saturated carbocycles. The molecular weight excluding hydrogens is 560 g/mol. The lowest BCUT2D eigenvalue weighted by atomic mass is 9.78. The Balaban J connectivity index is 0.513. The van der Waals surface area contributed by atoms with E-state index in [-0.39, 0.29) is 5.60 Å². The number of hydrogen-bond acceptors (Lipinski definition) is 2. The number of rotatable bonds is 1. The van der Waals surface area contributed by atoms with E-state index in [1.807, 2.05) is 0 Å². The van der Waals surface area contributed by atoms with E-state index in [1.165, 1.54) is 159 Å². The zero-order valence-corrected chi connectivity index (χ0v) is 23.3. The van der Waals surface area contributed by atoms with Gasteiger partial charge in [-0.05, 0) is 111 Å². The van der Waals surface area contributed by atoms with E-state index in [1.54, 1.807) is 6.42 Å². The first kappa shape index (κ1) is 12.3. The van der Waals surface area contributed by atoms with Gasteiger partial charge in [0.15, 0.2) is 0 Å². The Morgan fingerprint density at radius 3 is 0.913 bits per heavy atom. The van der Waals surface area contributed by atoms with E-state index in [0.29, 0.717) is 10.8 Å². The van der Waals surface area contributed by atoms with Gasteiger partial charge in [0.2, 0.25) is 0 Å². The monoisotopic (exact) mass is 566 g/mol. The minimum Gasteiger partial charge on any atom is -0.251 e. The van der Waals surface area contributed by atoms with Gasteiger partial charge in [-0.15, -0.1) is 0 Å². The predicted octanol–water partition coefficient (Wildman–Crippen LogP) is 0.638. The zero-order valence-electron chi connectivity index (χ0n) is 23.3. The van der Waals surface area contributed by atoms with Gasteiger partial charge in [-0.3, -0.25) is 5.26 Å². The third-order valence-corrected chi connectivity index (χ3v) is 44.6. The molecule has 42 aliphatic rings. The molecule has 0 aliphatic heterocycles. The molecule has 0 saturated heterocycles. The van der Waals surface area contributed by atoms with Crippen molar-refractivity contribution in [3.05, 3.63) is 0 Å². The Kier molecular flexibility index (Phi) is 0.364. The molecule has 1 N–H and O–H groups in total. The first-order valence-electron chi connectivity index (χ1n) is 22.2. The van der Waals surface area contributed by atoms with Gasteiger partial charge >= 0.3 is 0 Å². The standard InChI is InChI=1S/C44H6O2/c45-46-6-2-5(6)9(6)10(5)13(9)14(10)17(13)18(14)21(17)22(18)25(21)26(22)29(25)30(26)33(29)34(30)37(33)38(34)41(37)42(38)43-39-35-31-27-23-19-15-11-7-3-1-4(3,7)8(7,11)12(11,15)16(15,19)20(19,23)24(23,27)28(27,31)32(31,35)36(35,39)40(39,43)44(41,42)43/h3,45H,1-2H2. The fourth-order valence-corrected chi connectivity index (χ4v) is 54.8. The quantitative estimate of drug-likeness (QED) is 0.373. The van der Waals surface area contributed by atoms with Crippen LogP contribution in [0, 0.1) is 223 Å². The molecule has 42 fully saturated rings. The van der Waals surface area contributed by atoms with Crippen molar-refractivity contribution in [2.45, 2.75) is 18.4 Å². The normalized spacial score (nSPS) is 175. The van der Waals surface area contributed by atoms with Gasteiger partial charge in [0.25, 0.3) is 0 Å². The molecule has 0 heterocycles. The molecule has 42 aliphatic carbocycles. The van der Waals surface area contributed by atoms with Crippen molar-refractivity contribution in [2.24, 2.45) is 223 Å². The van der Waals surface area contributed by atoms with Crippen LogP contribution in [-0.4, -0.2) is 10.9 Å². The van der Waals surface area contributed by atoms with E-state index in [4.69, 9.17) is 4.89 Å². The average Bonchev–Trinajstić information content (AvgIpc) is 3.72. The smallest absolute Gasteiger partial charge is 0.118 e. The summed E-state index contributed by atoms with van der Waals surface area (Å²) in [6.45, 7) is 0. The topological polar surface area (TPSA) is 29.5 Å². The van der Waals surface area contributed by atoms with Gasteiger partial charge < -0.3 is 0 Å². The molecule has 0 bridgehead atoms. The molecule has 42 rings (SSSR count). The summed E-state index contributed by atoms with van der Waals surface area (Å²) in [5.74, 6) is 1.38. The van der Waals surface area contributed by atoms with Gasteiger partial charge in [0.1, 0.15) is 5.60 Å². The lowest BCUT2D eigenvalue weighted by Crippen LogP contribution is -2.24. The van der Waals surface area contributed by atoms with Crippen LogP contribution < -0.4 is 0 Å². The van der Waals surface area contributed by atoms with E-state index in [0.717, 1.165) is 59.6 Å². The molecule has 42 atom stereocenters. The van der Waals surface area contributed by atoms with Crippen LogP contribution in [-0.2, 0) is 4.89 Å². The molecule has 2 heteroatoms. The summed E-state index contributed by atoms with van der Waals surface area (Å²) in [5, 5.41) is 9.74. The summed E-state index contributed by atoms with van der Waals surface area (Å²) in [6.07, 6.45) is 3.06. The van der Waals surface area contributed by atoms with Crippen molar-refractivity contribution < 1.29 is 10.1 Å². The van der Waals surface area contributed by atoms with Gasteiger partial charge in [-0.1, -0.05) is 0 Å². The predicted molar refractivity (Wildman–Crippen MR) is 116 cm³/mol. The summed E-state index contributed by atoms with van der Waals surface area (Å²) in [4.78, 5) is 5.24. The fourth-order valence-electron chi connectivity index (χ4n) is 54.8. The molecule has 42 unspecified atom stereocenters. The lowest BCUT2D eigenvalue weighted by Gasteiger charge is -2.23. The lowest BCUT2D eigenvalue weighted by molar-refractivity contribution is -0.288. The largest absolute Gasteiger partial charge is 0.251 e. The molecule has 0 aromatic carbocycles. The number of hydrogen-bond donors (Lipinski definition) is 1. The van der Waals surface area contributed by atoms with Crippen LogP contribution in [0.1, 0.15) is 12.8 Å². The van der Waals surface area contributed by atoms with Crippen LogP contribution in [0.25, 0.3) is 0 Å². The van der Waals surface area contributed by atoms with Crippen molar-refractivity contribution in [3.63, 3.8) is 0 Å². The molecule has 0 aromatic heterocycles. The van der Waals surface area contributed by atoms with Crippen molar-refractivity contribution in [1.82, 2.24) is 0 Å². The Bertz CT molecular complexity index is 4020. The Morgan fingerprint density at radius 1 is 0.326 bits per heavy atom. The molecule has 194 valence electrons. The maximum atomic E-state index is 9.74. The van der Waals surface area contributed by atoms with Gasteiger partial charge in [-0.2, -0.15) is 0 Å². The van der Waals surface area contributed by atoms with Crippen molar-refractivity contribution >= 4 is 0 Å². The Morgan fingerprint density at radius 2 is 0.609 bits per heavy atom. The van der Waals surface area contributed by atoms with Crippen LogP contribution in [0.2, 0.25) is 0 Å². The SMILES string of the molecule is OOC12CC13C21C32C13C21C32C13C21C32C13C21C32C13C21C32C13C21C32C13C14C56C78C9%10C%11%12C%13%14C%15%16C%17%18C%19%20C%21%22C%23CC%23%21C%22%19C%20%17C%18%15C%16%13C%14%11C%129C%107C85C61C234. The van der Waals surface area contributed by atoms with Crippen LogP contribution in [0.5, 0.6) is 0 Å². The van der Waals surface area contributed by atoms with Gasteiger partial charge in [0, 0.05) is 125 Å². The van der Waals surface area contributed by atoms with Crippen molar-refractivity contribution in [3.8, 4) is 0 Å². The molecular formula is C44H6O2. The highest BCUT2D eigenvalue weighted by Gasteiger charge is 4.01. The third kappa shape index (κ3) is 0.190. The van der Waals surface area contributed by atoms with Crippen molar-refractivity contribution in [2.75, 3.05) is 0 Å². The summed E-state index contributed by atoms with van der Waals surface area (Å²) in [5.41, 5.74) is 45.7. The second-order valence-corrected chi connectivity index (χ2v) is 32.3. The fraction of sp³-hybridized carbons (Fsp3) is 1.00. The highest BCUT2D eigenvalue weighted by molar-refractivity contribution is 6.44. The molecule has 2 nitrogen and oxygen atoms in total. The third-order valence-electron chi connectivity index (χ3n) is 44.6. The molecule has 0 radical (unpaired) electrons. The summed E-state index contributed by atoms with van der Waals surface area (Å²) < 4.78 is 0. The maximum Gasteiger partial charge on any atom is 0.118 e. The zero-order chi connectivity index (χ0) is 24.2. The molecule has 0 amide bonds. The van der Waals surface area contributed by atoms with Gasteiger partial charge in [-0.25, -0.2) is 4.89 Å². The molecule has 0 aromatic rings. The first-order chi connectivity index (χ1) is 22.9. The second kappa shape index (κ2) is 1.37. The molecule has 40 spiro atoms. The summed E-state index contributed by atoms with van der Waals surface area (Å²) in [6, 6.07) is 0. The van der Waals surface area contributed by atoms with E-state index < -0.39 is 0 Å². The van der Waals surface area contributed by atoms with Crippen molar-refractivity contribution in [1.29, 1.82) is 0 Å². The van der Waals surface area contributed by atoms with Crippen LogP contribution in [0.15, 0.2) is 0 Å². The van der Waals surface area contributed by atoms with E-state index in [2.05, 4.69) is 0 Å². The van der Waals surface area contributed by atoms with Crippen LogP contribution in [0.4, 0.5) is 0 Å². The highest BCUT2D eigenvalue weighted by atomic mass is 17.1. The van der Waals surface area contributed by atoms with E-state index >= 15 is 0 Å².